The zero-order chi connectivity index (χ0) is 27.4. The number of alkyl halides is 2. The van der Waals surface area contributed by atoms with Crippen LogP contribution in [0.5, 0.6) is 5.88 Å². The second-order valence-corrected chi connectivity index (χ2v) is 9.81. The van der Waals surface area contributed by atoms with Crippen LogP contribution >= 0.6 is 0 Å². The van der Waals surface area contributed by atoms with Gasteiger partial charge in [-0.2, -0.15) is 8.78 Å². The molecule has 0 atom stereocenters. The van der Waals surface area contributed by atoms with E-state index in [1.54, 1.807) is 13.0 Å². The molecule has 0 spiro atoms. The third kappa shape index (κ3) is 5.70. The van der Waals surface area contributed by atoms with Gasteiger partial charge in [0.2, 0.25) is 11.8 Å². The number of nitrogens with one attached hydrogen (secondary N) is 1. The Morgan fingerprint density at radius 2 is 1.84 bits per heavy atom. The van der Waals surface area contributed by atoms with Crippen molar-refractivity contribution in [3.63, 3.8) is 0 Å². The van der Waals surface area contributed by atoms with Gasteiger partial charge >= 0.3 is 12.6 Å². The summed E-state index contributed by atoms with van der Waals surface area (Å²) in [7, 11) is 1.35. The van der Waals surface area contributed by atoms with E-state index in [1.165, 1.54) is 13.2 Å². The Kier molecular flexibility index (Phi) is 8.11. The molecule has 1 aliphatic rings. The Bertz CT molecular complexity index is 1300. The Morgan fingerprint density at radius 1 is 1.11 bits per heavy atom. The molecular weight excluding hydrogens is 494 g/mol. The number of hydrogen-bond donors (Lipinski definition) is 1. The number of hydrogen-bond acceptors (Lipinski definition) is 6. The highest BCUT2D eigenvalue weighted by atomic mass is 19.3. The summed E-state index contributed by atoms with van der Waals surface area (Å²) in [6.07, 6.45) is 1.81. The van der Waals surface area contributed by atoms with Crippen LogP contribution in [0, 0.1) is 6.92 Å². The molecule has 38 heavy (non-hydrogen) atoms. The first kappa shape index (κ1) is 27.3. The smallest absolute Gasteiger partial charge is 0.388 e. The number of aromatic nitrogens is 2. The number of likely N-dealkylation sites (tertiary alicyclic amines) is 1. The predicted molar refractivity (Wildman–Crippen MR) is 138 cm³/mol. The zero-order valence-corrected chi connectivity index (χ0v) is 21.9. The van der Waals surface area contributed by atoms with Crippen LogP contribution < -0.4 is 10.1 Å². The molecule has 8 nitrogen and oxygen atoms in total. The number of rotatable bonds is 10. The standard InChI is InChI=1S/C28H32F2N4O4/c1-18(2)21-9-5-6-10-22(21)28(26(36)32-23-12-11-19(3)31-25(23)38-27(29)30)16-33(17-28)14-20-8-7-13-34(20)15-24(35)37-4/h5-13,18,27H,14-17H2,1-4H3,(H,32,36). The van der Waals surface area contributed by atoms with E-state index in [1.807, 2.05) is 47.2 Å². The Morgan fingerprint density at radius 3 is 2.53 bits per heavy atom. The van der Waals surface area contributed by atoms with Gasteiger partial charge in [-0.3, -0.25) is 14.5 Å². The van der Waals surface area contributed by atoms with E-state index in [9.17, 15) is 18.4 Å². The fourth-order valence-corrected chi connectivity index (χ4v) is 4.93. The number of methoxy groups -OCH3 is 1. The fraction of sp³-hybridized carbons (Fsp3) is 0.393. The molecule has 202 valence electrons. The molecule has 1 fully saturated rings. The van der Waals surface area contributed by atoms with E-state index < -0.39 is 12.0 Å². The van der Waals surface area contributed by atoms with Crippen molar-refractivity contribution in [1.82, 2.24) is 14.5 Å². The van der Waals surface area contributed by atoms with Gasteiger partial charge in [-0.15, -0.1) is 0 Å². The molecule has 0 unspecified atom stereocenters. The van der Waals surface area contributed by atoms with E-state index in [4.69, 9.17) is 4.74 Å². The van der Waals surface area contributed by atoms with Gasteiger partial charge < -0.3 is 19.4 Å². The molecule has 3 aromatic rings. The van der Waals surface area contributed by atoms with Gasteiger partial charge in [0.15, 0.2) is 0 Å². The normalized spacial score (nSPS) is 14.8. The lowest BCUT2D eigenvalue weighted by Crippen LogP contribution is -2.65. The minimum atomic E-state index is -3.07. The van der Waals surface area contributed by atoms with E-state index >= 15 is 0 Å². The van der Waals surface area contributed by atoms with Crippen LogP contribution in [0.25, 0.3) is 0 Å². The Labute approximate surface area is 220 Å². The number of amides is 1. The summed E-state index contributed by atoms with van der Waals surface area (Å²) in [5.41, 5.74) is 2.51. The number of aryl methyl sites for hydroxylation is 1. The molecule has 1 amide bonds. The van der Waals surface area contributed by atoms with Crippen LogP contribution in [-0.2, 0) is 32.8 Å². The molecular formula is C28H32F2N4O4. The zero-order valence-electron chi connectivity index (χ0n) is 21.9. The number of ether oxygens (including phenoxy) is 2. The van der Waals surface area contributed by atoms with E-state index in [0.717, 1.165) is 16.8 Å². The highest BCUT2D eigenvalue weighted by molar-refractivity contribution is 6.01. The maximum atomic E-state index is 13.9. The SMILES string of the molecule is COC(=O)Cn1cccc1CN1CC(C(=O)Nc2ccc(C)nc2OC(F)F)(c2ccccc2C(C)C)C1. The number of carbonyl (C=O) groups is 2. The van der Waals surface area contributed by atoms with Crippen molar-refractivity contribution in [2.75, 3.05) is 25.5 Å². The van der Waals surface area contributed by atoms with E-state index in [-0.39, 0.29) is 35.9 Å². The first-order valence-electron chi connectivity index (χ1n) is 12.4. The minimum absolute atomic E-state index is 0.0905. The largest absolute Gasteiger partial charge is 0.468 e. The van der Waals surface area contributed by atoms with Crippen molar-refractivity contribution in [2.45, 2.75) is 51.8 Å². The van der Waals surface area contributed by atoms with Crippen molar-refractivity contribution in [2.24, 2.45) is 0 Å². The molecule has 1 N–H and O–H groups in total. The summed E-state index contributed by atoms with van der Waals surface area (Å²) >= 11 is 0. The summed E-state index contributed by atoms with van der Waals surface area (Å²) in [6, 6.07) is 14.8. The van der Waals surface area contributed by atoms with Crippen LogP contribution in [0.4, 0.5) is 14.5 Å². The van der Waals surface area contributed by atoms with Crippen molar-refractivity contribution in [3.05, 3.63) is 77.2 Å². The monoisotopic (exact) mass is 526 g/mol. The predicted octanol–water partition coefficient (Wildman–Crippen LogP) is 4.48. The first-order valence-corrected chi connectivity index (χ1v) is 12.4. The molecule has 1 aromatic carbocycles. The molecule has 0 aliphatic carbocycles. The van der Waals surface area contributed by atoms with Gasteiger partial charge in [0, 0.05) is 37.2 Å². The maximum Gasteiger partial charge on any atom is 0.388 e. The van der Waals surface area contributed by atoms with Gasteiger partial charge in [0.05, 0.1) is 12.5 Å². The van der Waals surface area contributed by atoms with Gasteiger partial charge in [-0.1, -0.05) is 38.1 Å². The molecule has 2 aromatic heterocycles. The summed E-state index contributed by atoms with van der Waals surface area (Å²) in [6.45, 7) is 4.14. The Hall–Kier alpha value is -3.79. The van der Waals surface area contributed by atoms with E-state index in [0.29, 0.717) is 25.3 Å². The minimum Gasteiger partial charge on any atom is -0.468 e. The molecule has 1 aliphatic heterocycles. The van der Waals surface area contributed by atoms with Gasteiger partial charge in [0.25, 0.3) is 0 Å². The third-order valence-electron chi connectivity index (χ3n) is 6.80. The molecule has 0 radical (unpaired) electrons. The summed E-state index contributed by atoms with van der Waals surface area (Å²) < 4.78 is 37.3. The molecule has 0 saturated carbocycles. The van der Waals surface area contributed by atoms with Crippen LogP contribution in [0.3, 0.4) is 0 Å². The number of benzene rings is 1. The fourth-order valence-electron chi connectivity index (χ4n) is 4.93. The molecule has 3 heterocycles. The second kappa shape index (κ2) is 11.3. The highest BCUT2D eigenvalue weighted by Crippen LogP contribution is 2.41. The van der Waals surface area contributed by atoms with Gasteiger partial charge in [-0.25, -0.2) is 4.98 Å². The van der Waals surface area contributed by atoms with E-state index in [2.05, 4.69) is 33.8 Å². The lowest BCUT2D eigenvalue weighted by molar-refractivity contribution is -0.141. The van der Waals surface area contributed by atoms with Crippen LogP contribution in [0.2, 0.25) is 0 Å². The molecule has 10 heteroatoms. The molecule has 0 bridgehead atoms. The molecule has 1 saturated heterocycles. The van der Waals surface area contributed by atoms with Crippen molar-refractivity contribution < 1.29 is 27.8 Å². The lowest BCUT2D eigenvalue weighted by atomic mass is 9.69. The number of nitrogens with zero attached hydrogens (tertiary/aromatic N) is 3. The van der Waals surface area contributed by atoms with Crippen molar-refractivity contribution >= 4 is 17.6 Å². The van der Waals surface area contributed by atoms with Crippen LogP contribution in [0.1, 0.15) is 42.3 Å². The number of anilines is 1. The third-order valence-corrected chi connectivity index (χ3v) is 6.80. The van der Waals surface area contributed by atoms with Gasteiger partial charge in [0.1, 0.15) is 12.2 Å². The average molecular weight is 527 g/mol. The average Bonchev–Trinajstić information content (AvgIpc) is 3.28. The Balaban J connectivity index is 1.63. The molecule has 4 rings (SSSR count). The van der Waals surface area contributed by atoms with Crippen LogP contribution in [-0.4, -0.2) is 53.1 Å². The topological polar surface area (TPSA) is 85.7 Å². The summed E-state index contributed by atoms with van der Waals surface area (Å²) in [4.78, 5) is 31.9. The maximum absolute atomic E-state index is 13.9. The van der Waals surface area contributed by atoms with Gasteiger partial charge in [-0.05, 0) is 48.2 Å². The summed E-state index contributed by atoms with van der Waals surface area (Å²) in [5, 5.41) is 2.82. The second-order valence-electron chi connectivity index (χ2n) is 9.81. The van der Waals surface area contributed by atoms with Crippen LogP contribution in [0.15, 0.2) is 54.7 Å². The number of esters is 1. The van der Waals surface area contributed by atoms with Crippen molar-refractivity contribution in [1.29, 1.82) is 0 Å². The van der Waals surface area contributed by atoms with Crippen molar-refractivity contribution in [3.8, 4) is 5.88 Å². The summed E-state index contributed by atoms with van der Waals surface area (Å²) in [5.74, 6) is -0.825. The quantitative estimate of drug-likeness (QED) is 0.392. The number of carbonyl (C=O) groups excluding carboxylic acids is 2. The number of halogens is 2. The first-order chi connectivity index (χ1) is 18.1. The highest BCUT2D eigenvalue weighted by Gasteiger charge is 2.51. The number of pyridine rings is 1. The lowest BCUT2D eigenvalue weighted by Gasteiger charge is -2.50.